The third-order valence-corrected chi connectivity index (χ3v) is 5.37. The lowest BCUT2D eigenvalue weighted by Gasteiger charge is -2.10. The van der Waals surface area contributed by atoms with E-state index in [1.165, 1.54) is 53.2 Å². The summed E-state index contributed by atoms with van der Waals surface area (Å²) in [7, 11) is 0. The van der Waals surface area contributed by atoms with Gasteiger partial charge < -0.3 is 25.8 Å². The second-order valence-corrected chi connectivity index (χ2v) is 7.88. The number of urea groups is 1. The molecule has 39 heavy (non-hydrogen) atoms. The van der Waals surface area contributed by atoms with Crippen LogP contribution in [0.15, 0.2) is 72.9 Å². The smallest absolute Gasteiger partial charge is 0.387 e. The molecule has 9 nitrogen and oxygen atoms in total. The van der Waals surface area contributed by atoms with Crippen molar-refractivity contribution < 1.29 is 37.0 Å². The molecule has 0 saturated carbocycles. The summed E-state index contributed by atoms with van der Waals surface area (Å²) in [5.74, 6) is -1.82. The number of ether oxygens (including phenoxy) is 2. The molecule has 2 amide bonds. The van der Waals surface area contributed by atoms with E-state index >= 15 is 0 Å². The summed E-state index contributed by atoms with van der Waals surface area (Å²) in [4.78, 5) is 37.6. The molecule has 13 heteroatoms. The molecule has 4 N–H and O–H groups in total. The Balaban J connectivity index is 0.00000420. The molecule has 4 rings (SSSR count). The number of nitrogens with one attached hydrogen (secondary N) is 2. The first kappa shape index (κ1) is 29.0. The van der Waals surface area contributed by atoms with Crippen LogP contribution in [-0.2, 0) is 16.1 Å². The number of esters is 1. The van der Waals surface area contributed by atoms with Gasteiger partial charge in [0.15, 0.2) is 0 Å². The normalized spacial score (nSPS) is 10.6. The molecule has 0 atom stereocenters. The van der Waals surface area contributed by atoms with Crippen LogP contribution in [0.2, 0.25) is 0 Å². The van der Waals surface area contributed by atoms with E-state index in [1.807, 2.05) is 0 Å². The first-order chi connectivity index (χ1) is 18.2. The van der Waals surface area contributed by atoms with Gasteiger partial charge in [-0.05, 0) is 48.5 Å². The van der Waals surface area contributed by atoms with E-state index in [0.29, 0.717) is 11.1 Å². The number of anilines is 2. The number of alkyl halides is 2. The van der Waals surface area contributed by atoms with Gasteiger partial charge in [-0.3, -0.25) is 14.2 Å². The quantitative estimate of drug-likeness (QED) is 0.255. The maximum Gasteiger partial charge on any atom is 0.387 e. The fraction of sp³-hybridized carbons (Fsp3) is 0.115. The molecule has 0 saturated heterocycles. The van der Waals surface area contributed by atoms with E-state index in [2.05, 4.69) is 15.4 Å². The molecule has 0 unspecified atom stereocenters. The van der Waals surface area contributed by atoms with Gasteiger partial charge in [0.2, 0.25) is 0 Å². The lowest BCUT2D eigenvalue weighted by atomic mass is 10.1. The summed E-state index contributed by atoms with van der Waals surface area (Å²) >= 11 is 0. The number of amides is 2. The monoisotopic (exact) mass is 562 g/mol. The van der Waals surface area contributed by atoms with Crippen LogP contribution in [0.5, 0.6) is 5.75 Å². The number of carbonyl (C=O) groups excluding carboxylic acids is 3. The van der Waals surface area contributed by atoms with Crippen LogP contribution in [0, 0.1) is 5.82 Å². The van der Waals surface area contributed by atoms with Gasteiger partial charge in [0.1, 0.15) is 18.2 Å². The fourth-order valence-electron chi connectivity index (χ4n) is 3.68. The van der Waals surface area contributed by atoms with Crippen molar-refractivity contribution in [2.75, 3.05) is 17.2 Å². The van der Waals surface area contributed by atoms with Crippen molar-refractivity contribution in [3.8, 4) is 5.75 Å². The van der Waals surface area contributed by atoms with Gasteiger partial charge >= 0.3 is 18.6 Å². The van der Waals surface area contributed by atoms with E-state index in [9.17, 15) is 27.6 Å². The maximum absolute atomic E-state index is 14.1. The third-order valence-electron chi connectivity index (χ3n) is 5.37. The topological polar surface area (TPSA) is 125 Å². The molecule has 1 heterocycles. The highest BCUT2D eigenvalue weighted by molar-refractivity contribution is 6.10. The van der Waals surface area contributed by atoms with Crippen molar-refractivity contribution in [1.29, 1.82) is 0 Å². The number of hydrogen-bond acceptors (Lipinski definition) is 6. The van der Waals surface area contributed by atoms with E-state index in [1.54, 1.807) is 24.3 Å². The van der Waals surface area contributed by atoms with Crippen LogP contribution in [0.25, 0.3) is 10.9 Å². The van der Waals surface area contributed by atoms with Crippen LogP contribution in [0.3, 0.4) is 0 Å². The predicted octanol–water partition coefficient (Wildman–Crippen LogP) is 5.14. The molecule has 0 aliphatic rings. The number of carbonyl (C=O) groups is 3. The minimum absolute atomic E-state index is 0. The highest BCUT2D eigenvalue weighted by Gasteiger charge is 2.20. The second-order valence-electron chi connectivity index (χ2n) is 7.88. The first-order valence-corrected chi connectivity index (χ1v) is 11.2. The molecular formula is C26H22ClF3N4O5. The highest BCUT2D eigenvalue weighted by Crippen LogP contribution is 2.29. The average molecular weight is 563 g/mol. The molecule has 0 fully saturated rings. The minimum Gasteiger partial charge on any atom is -0.460 e. The zero-order chi connectivity index (χ0) is 27.2. The fourth-order valence-corrected chi connectivity index (χ4v) is 3.68. The molecule has 1 aromatic heterocycles. The Labute approximate surface area is 226 Å². The zero-order valence-corrected chi connectivity index (χ0v) is 20.8. The van der Waals surface area contributed by atoms with Crippen LogP contribution in [0.1, 0.15) is 15.9 Å². The number of aromatic nitrogens is 1. The summed E-state index contributed by atoms with van der Waals surface area (Å²) in [6, 6.07) is 14.7. The van der Waals surface area contributed by atoms with E-state index in [0.717, 1.165) is 0 Å². The summed E-state index contributed by atoms with van der Waals surface area (Å²) in [5, 5.41) is 5.35. The van der Waals surface area contributed by atoms with Crippen molar-refractivity contribution in [3.63, 3.8) is 0 Å². The van der Waals surface area contributed by atoms with Crippen molar-refractivity contribution in [1.82, 2.24) is 4.57 Å². The number of halogens is 4. The van der Waals surface area contributed by atoms with Crippen LogP contribution in [0.4, 0.5) is 29.3 Å². The Morgan fingerprint density at radius 1 is 0.974 bits per heavy atom. The standard InChI is InChI=1S/C26H21F3N4O5.ClH/c27-16-5-10-22-20(11-16)21(32-26(36)31-17-6-8-18(9-7-17)38-25(28)29)13-33(22)24(35)19-4-2-1-3-15(19)14-37-23(34)12-30;/h1-11,13,25H,12,14,30H2,(H2,31,32,36);1H. The predicted molar refractivity (Wildman–Crippen MR) is 140 cm³/mol. The number of rotatable bonds is 8. The van der Waals surface area contributed by atoms with Gasteiger partial charge in [-0.2, -0.15) is 8.78 Å². The van der Waals surface area contributed by atoms with Gasteiger partial charge in [-0.1, -0.05) is 18.2 Å². The first-order valence-electron chi connectivity index (χ1n) is 11.2. The van der Waals surface area contributed by atoms with Crippen molar-refractivity contribution >= 4 is 52.6 Å². The molecule has 0 radical (unpaired) electrons. The van der Waals surface area contributed by atoms with Gasteiger partial charge in [0.05, 0.1) is 17.7 Å². The average Bonchev–Trinajstić information content (AvgIpc) is 3.24. The summed E-state index contributed by atoms with van der Waals surface area (Å²) in [5.41, 5.74) is 6.64. The lowest BCUT2D eigenvalue weighted by molar-refractivity contribution is -0.143. The molecule has 0 spiro atoms. The molecule has 0 aliphatic carbocycles. The largest absolute Gasteiger partial charge is 0.460 e. The SMILES string of the molecule is Cl.NCC(=O)OCc1ccccc1C(=O)n1cc(NC(=O)Nc2ccc(OC(F)F)cc2)c2cc(F)ccc21. The number of benzene rings is 3. The summed E-state index contributed by atoms with van der Waals surface area (Å²) < 4.78 is 49.3. The van der Waals surface area contributed by atoms with Crippen molar-refractivity contribution in [2.45, 2.75) is 13.2 Å². The Morgan fingerprint density at radius 2 is 1.69 bits per heavy atom. The van der Waals surface area contributed by atoms with Gasteiger partial charge in [-0.15, -0.1) is 12.4 Å². The number of hydrogen-bond donors (Lipinski definition) is 3. The Bertz CT molecular complexity index is 1490. The number of nitrogens with zero attached hydrogens (tertiary/aromatic N) is 1. The molecular weight excluding hydrogens is 541 g/mol. The lowest BCUT2D eigenvalue weighted by Crippen LogP contribution is -2.19. The van der Waals surface area contributed by atoms with Crippen LogP contribution in [-0.4, -0.2) is 35.6 Å². The van der Waals surface area contributed by atoms with E-state index in [4.69, 9.17) is 10.5 Å². The molecule has 3 aromatic carbocycles. The van der Waals surface area contributed by atoms with Crippen molar-refractivity contribution in [3.05, 3.63) is 89.9 Å². The molecule has 4 aromatic rings. The molecule has 0 aliphatic heterocycles. The van der Waals surface area contributed by atoms with Crippen LogP contribution >= 0.6 is 12.4 Å². The molecule has 0 bridgehead atoms. The minimum atomic E-state index is -2.98. The Morgan fingerprint density at radius 3 is 2.38 bits per heavy atom. The number of fused-ring (bicyclic) bond motifs is 1. The second kappa shape index (κ2) is 12.8. The third kappa shape index (κ3) is 7.06. The molecule has 204 valence electrons. The van der Waals surface area contributed by atoms with Crippen molar-refractivity contribution in [2.24, 2.45) is 5.73 Å². The highest BCUT2D eigenvalue weighted by atomic mass is 35.5. The maximum atomic E-state index is 14.1. The van der Waals surface area contributed by atoms with E-state index in [-0.39, 0.29) is 53.6 Å². The van der Waals surface area contributed by atoms with Crippen LogP contribution < -0.4 is 21.1 Å². The number of nitrogens with two attached hydrogens (primary N) is 1. The summed E-state index contributed by atoms with van der Waals surface area (Å²) in [6.07, 6.45) is 1.34. The summed E-state index contributed by atoms with van der Waals surface area (Å²) in [6.45, 7) is -3.47. The zero-order valence-electron chi connectivity index (χ0n) is 20.0. The van der Waals surface area contributed by atoms with E-state index < -0.39 is 30.3 Å². The van der Waals surface area contributed by atoms with Gasteiger partial charge in [0, 0.05) is 28.4 Å². The van der Waals surface area contributed by atoms with Gasteiger partial charge in [-0.25, -0.2) is 9.18 Å². The Kier molecular flexibility index (Phi) is 9.52. The Hall–Kier alpha value is -4.55. The van der Waals surface area contributed by atoms with Gasteiger partial charge in [0.25, 0.3) is 5.91 Å².